The van der Waals surface area contributed by atoms with Crippen LogP contribution >= 0.6 is 23.8 Å². The van der Waals surface area contributed by atoms with Gasteiger partial charge in [0.1, 0.15) is 0 Å². The average Bonchev–Trinajstić information content (AvgIpc) is 3.14. The van der Waals surface area contributed by atoms with Gasteiger partial charge in [-0.05, 0) is 48.0 Å². The van der Waals surface area contributed by atoms with E-state index < -0.39 is 0 Å². The highest BCUT2D eigenvalue weighted by molar-refractivity contribution is 7.80. The van der Waals surface area contributed by atoms with Crippen LogP contribution in [-0.4, -0.2) is 22.9 Å². The quantitative estimate of drug-likeness (QED) is 0.213. The summed E-state index contributed by atoms with van der Waals surface area (Å²) < 4.78 is 0. The van der Waals surface area contributed by atoms with Crippen molar-refractivity contribution in [3.8, 4) is 11.3 Å². The number of para-hydroxylation sites is 1. The van der Waals surface area contributed by atoms with E-state index in [0.29, 0.717) is 10.1 Å². The third kappa shape index (κ3) is 4.87. The Morgan fingerprint density at radius 1 is 0.967 bits per heavy atom. The number of aromatic amines is 1. The summed E-state index contributed by atoms with van der Waals surface area (Å²) in [6.07, 6.45) is 2.70. The molecule has 3 N–H and O–H groups in total. The number of thiocarbonyl (C=S) groups is 1. The molecule has 1 heterocycles. The molecule has 4 rings (SSSR count). The molecule has 0 bridgehead atoms. The van der Waals surface area contributed by atoms with Gasteiger partial charge in [-0.1, -0.05) is 72.3 Å². The van der Waals surface area contributed by atoms with Gasteiger partial charge in [-0.15, -0.1) is 0 Å². The number of hydrogen-bond donors (Lipinski definition) is 3. The van der Waals surface area contributed by atoms with E-state index in [1.54, 1.807) is 6.21 Å². The lowest BCUT2D eigenvalue weighted by molar-refractivity contribution is 0.838. The normalized spacial score (nSPS) is 11.1. The molecule has 0 fully saturated rings. The zero-order chi connectivity index (χ0) is 20.8. The van der Waals surface area contributed by atoms with Crippen LogP contribution in [0.5, 0.6) is 0 Å². The molecule has 30 heavy (non-hydrogen) atoms. The number of H-pyrrole nitrogens is 1. The van der Waals surface area contributed by atoms with Crippen molar-refractivity contribution < 1.29 is 0 Å². The molecule has 0 spiro atoms. The van der Waals surface area contributed by atoms with Crippen molar-refractivity contribution in [2.24, 2.45) is 5.10 Å². The maximum absolute atomic E-state index is 6.05. The molecule has 3 aromatic carbocycles. The van der Waals surface area contributed by atoms with Crippen molar-refractivity contribution >= 4 is 46.0 Å². The van der Waals surface area contributed by atoms with E-state index in [-0.39, 0.29) is 0 Å². The first-order chi connectivity index (χ1) is 14.7. The number of hydrazone groups is 1. The highest BCUT2D eigenvalue weighted by atomic mass is 35.5. The first kappa shape index (κ1) is 20.1. The molecule has 0 unspecified atom stereocenters. The second kappa shape index (κ2) is 9.57. The van der Waals surface area contributed by atoms with Gasteiger partial charge in [0.25, 0.3) is 0 Å². The first-order valence-electron chi connectivity index (χ1n) is 9.68. The maximum Gasteiger partial charge on any atom is 0.186 e. The van der Waals surface area contributed by atoms with E-state index in [0.717, 1.165) is 40.7 Å². The highest BCUT2D eigenvalue weighted by Crippen LogP contribution is 2.29. The smallest absolute Gasteiger partial charge is 0.186 e. The molecular weight excluding hydrogens is 412 g/mol. The van der Waals surface area contributed by atoms with Crippen molar-refractivity contribution in [1.82, 2.24) is 15.7 Å². The van der Waals surface area contributed by atoms with Crippen LogP contribution in [0.15, 0.2) is 84.0 Å². The number of hydrogen-bond acceptors (Lipinski definition) is 2. The number of nitrogens with zero attached hydrogens (tertiary/aromatic N) is 1. The summed E-state index contributed by atoms with van der Waals surface area (Å²) in [7, 11) is 0. The third-order valence-corrected chi connectivity index (χ3v) is 5.27. The second-order valence-corrected chi connectivity index (χ2v) is 7.67. The standard InChI is InChI=1S/C24H21ClN4S/c25-19-12-10-18(11-13-19)23-21(20-8-4-5-9-22(20)28-23)16-27-29-24(30)26-15-14-17-6-2-1-3-7-17/h1-13,16,28H,14-15H2,(H2,26,29,30)/b27-16-. The fourth-order valence-corrected chi connectivity index (χ4v) is 3.58. The topological polar surface area (TPSA) is 52.2 Å². The van der Waals surface area contributed by atoms with E-state index in [2.05, 4.69) is 45.1 Å². The van der Waals surface area contributed by atoms with Crippen molar-refractivity contribution in [2.45, 2.75) is 6.42 Å². The monoisotopic (exact) mass is 432 g/mol. The Labute approximate surface area is 186 Å². The minimum atomic E-state index is 0.495. The summed E-state index contributed by atoms with van der Waals surface area (Å²) in [5.41, 5.74) is 8.25. The lowest BCUT2D eigenvalue weighted by Gasteiger charge is -2.07. The van der Waals surface area contributed by atoms with Crippen LogP contribution in [0.1, 0.15) is 11.1 Å². The Morgan fingerprint density at radius 2 is 1.70 bits per heavy atom. The molecule has 0 aliphatic heterocycles. The summed E-state index contributed by atoms with van der Waals surface area (Å²) in [6.45, 7) is 0.745. The van der Waals surface area contributed by atoms with Gasteiger partial charge in [-0.2, -0.15) is 5.10 Å². The molecule has 150 valence electrons. The first-order valence-corrected chi connectivity index (χ1v) is 10.5. The van der Waals surface area contributed by atoms with E-state index in [9.17, 15) is 0 Å². The van der Waals surface area contributed by atoms with Crippen LogP contribution in [0.25, 0.3) is 22.2 Å². The minimum Gasteiger partial charge on any atom is -0.361 e. The minimum absolute atomic E-state index is 0.495. The Bertz CT molecular complexity index is 1170. The van der Waals surface area contributed by atoms with Crippen molar-refractivity contribution in [1.29, 1.82) is 0 Å². The maximum atomic E-state index is 6.05. The number of halogens is 1. The fourth-order valence-electron chi connectivity index (χ4n) is 3.30. The zero-order valence-electron chi connectivity index (χ0n) is 16.2. The Kier molecular flexibility index (Phi) is 6.42. The highest BCUT2D eigenvalue weighted by Gasteiger charge is 2.11. The predicted octanol–water partition coefficient (Wildman–Crippen LogP) is 5.53. The molecule has 0 atom stereocenters. The lowest BCUT2D eigenvalue weighted by Crippen LogP contribution is -2.33. The summed E-state index contributed by atoms with van der Waals surface area (Å²) >= 11 is 11.4. The number of nitrogens with one attached hydrogen (secondary N) is 3. The molecule has 0 aliphatic rings. The third-order valence-electron chi connectivity index (χ3n) is 4.78. The summed E-state index contributed by atoms with van der Waals surface area (Å²) in [5.74, 6) is 0. The molecule has 0 saturated heterocycles. The van der Waals surface area contributed by atoms with Crippen LogP contribution < -0.4 is 10.7 Å². The Morgan fingerprint density at radius 3 is 2.50 bits per heavy atom. The van der Waals surface area contributed by atoms with Crippen LogP contribution in [0.2, 0.25) is 5.02 Å². The van der Waals surface area contributed by atoms with Crippen LogP contribution in [0, 0.1) is 0 Å². The van der Waals surface area contributed by atoms with Crippen LogP contribution in [0.3, 0.4) is 0 Å². The number of benzene rings is 3. The van der Waals surface area contributed by atoms with E-state index >= 15 is 0 Å². The molecule has 0 radical (unpaired) electrons. The van der Waals surface area contributed by atoms with Gasteiger partial charge in [0.2, 0.25) is 0 Å². The molecule has 6 heteroatoms. The van der Waals surface area contributed by atoms with Crippen molar-refractivity contribution in [3.63, 3.8) is 0 Å². The summed E-state index contributed by atoms with van der Waals surface area (Å²) in [5, 5.41) is 9.85. The van der Waals surface area contributed by atoms with Crippen LogP contribution in [-0.2, 0) is 6.42 Å². The van der Waals surface area contributed by atoms with Gasteiger partial charge in [0.05, 0.1) is 11.9 Å². The number of rotatable bonds is 6. The zero-order valence-corrected chi connectivity index (χ0v) is 17.8. The average molecular weight is 433 g/mol. The van der Waals surface area contributed by atoms with Gasteiger partial charge >= 0.3 is 0 Å². The molecule has 4 aromatic rings. The molecule has 0 aliphatic carbocycles. The number of aromatic nitrogens is 1. The Hall–Kier alpha value is -3.15. The summed E-state index contributed by atoms with van der Waals surface area (Å²) in [4.78, 5) is 3.48. The second-order valence-electron chi connectivity index (χ2n) is 6.83. The molecule has 0 amide bonds. The van der Waals surface area contributed by atoms with Gasteiger partial charge in [-0.3, -0.25) is 5.43 Å². The SMILES string of the molecule is S=C(NCCc1ccccc1)N/N=C\c1c(-c2ccc(Cl)cc2)[nH]c2ccccc12. The van der Waals surface area contributed by atoms with Gasteiger partial charge in [0, 0.05) is 28.0 Å². The van der Waals surface area contributed by atoms with Gasteiger partial charge in [0.15, 0.2) is 5.11 Å². The largest absolute Gasteiger partial charge is 0.361 e. The molecule has 4 nitrogen and oxygen atoms in total. The molecule has 1 aromatic heterocycles. The van der Waals surface area contributed by atoms with Gasteiger partial charge in [-0.25, -0.2) is 0 Å². The van der Waals surface area contributed by atoms with Crippen LogP contribution in [0.4, 0.5) is 0 Å². The number of fused-ring (bicyclic) bond motifs is 1. The van der Waals surface area contributed by atoms with Gasteiger partial charge < -0.3 is 10.3 Å². The van der Waals surface area contributed by atoms with Crippen molar-refractivity contribution in [2.75, 3.05) is 6.54 Å². The summed E-state index contributed by atoms with van der Waals surface area (Å²) in [6, 6.07) is 26.2. The molecule has 0 saturated carbocycles. The van der Waals surface area contributed by atoms with E-state index in [1.165, 1.54) is 5.56 Å². The van der Waals surface area contributed by atoms with E-state index in [4.69, 9.17) is 23.8 Å². The predicted molar refractivity (Wildman–Crippen MR) is 130 cm³/mol. The Balaban J connectivity index is 1.46. The lowest BCUT2D eigenvalue weighted by atomic mass is 10.1. The van der Waals surface area contributed by atoms with E-state index in [1.807, 2.05) is 54.6 Å². The fraction of sp³-hybridized carbons (Fsp3) is 0.0833. The molecular formula is C24H21ClN4S. The van der Waals surface area contributed by atoms with Crippen molar-refractivity contribution in [3.05, 3.63) is 95.0 Å².